The van der Waals surface area contributed by atoms with E-state index in [0.717, 1.165) is 52.7 Å². The third kappa shape index (κ3) is 6.77. The van der Waals surface area contributed by atoms with E-state index in [2.05, 4.69) is 16.3 Å². The topological polar surface area (TPSA) is 88.9 Å². The van der Waals surface area contributed by atoms with Gasteiger partial charge in [-0.15, -0.1) is 0 Å². The quantitative estimate of drug-likeness (QED) is 0.318. The summed E-state index contributed by atoms with van der Waals surface area (Å²) in [5.41, 5.74) is 2.91. The number of alkyl halides is 3. The van der Waals surface area contributed by atoms with Crippen LogP contribution in [-0.2, 0) is 10.9 Å². The maximum Gasteiger partial charge on any atom is 0.416 e. The van der Waals surface area contributed by atoms with Crippen molar-refractivity contribution >= 4 is 23.3 Å². The Bertz CT molecular complexity index is 1590. The molecule has 1 saturated heterocycles. The van der Waals surface area contributed by atoms with Gasteiger partial charge in [0.25, 0.3) is 0 Å². The van der Waals surface area contributed by atoms with E-state index >= 15 is 0 Å². The first-order chi connectivity index (χ1) is 21.2. The van der Waals surface area contributed by atoms with Gasteiger partial charge in [-0.2, -0.15) is 18.4 Å². The lowest BCUT2D eigenvalue weighted by molar-refractivity contribution is -0.137. The highest BCUT2D eigenvalue weighted by atomic mass is 19.4. The third-order valence-corrected chi connectivity index (χ3v) is 7.80. The van der Waals surface area contributed by atoms with Gasteiger partial charge in [-0.3, -0.25) is 9.80 Å². The molecule has 0 bridgehead atoms. The average Bonchev–Trinajstić information content (AvgIpc) is 3.03. The number of ether oxygens (including phenoxy) is 1. The second kappa shape index (κ2) is 13.3. The molecule has 2 aliphatic heterocycles. The maximum atomic E-state index is 13.8. The molecule has 3 aromatic rings. The fourth-order valence-corrected chi connectivity index (χ4v) is 5.44. The molecular formula is C33H32F3N5O3. The van der Waals surface area contributed by atoms with Crippen molar-refractivity contribution in [1.29, 1.82) is 5.26 Å². The Morgan fingerprint density at radius 2 is 1.70 bits per heavy atom. The normalized spacial score (nSPS) is 16.2. The van der Waals surface area contributed by atoms with Crippen LogP contribution in [0, 0.1) is 11.3 Å². The molecule has 0 saturated carbocycles. The summed E-state index contributed by atoms with van der Waals surface area (Å²) in [7, 11) is 0. The Morgan fingerprint density at radius 1 is 1.00 bits per heavy atom. The highest BCUT2D eigenvalue weighted by Gasteiger charge is 2.38. The van der Waals surface area contributed by atoms with E-state index in [1.165, 1.54) is 12.1 Å². The third-order valence-electron chi connectivity index (χ3n) is 7.80. The number of hydrogen-bond acceptors (Lipinski definition) is 5. The number of urea groups is 2. The number of allylic oxidation sites excluding steroid dienone is 1. The van der Waals surface area contributed by atoms with Gasteiger partial charge in [0.2, 0.25) is 0 Å². The van der Waals surface area contributed by atoms with E-state index in [-0.39, 0.29) is 12.2 Å². The molecule has 3 aromatic carbocycles. The molecule has 0 radical (unpaired) electrons. The summed E-state index contributed by atoms with van der Waals surface area (Å²) in [6.07, 6.45) is -3.95. The van der Waals surface area contributed by atoms with Crippen molar-refractivity contribution in [2.45, 2.75) is 19.5 Å². The second-order valence-electron chi connectivity index (χ2n) is 10.6. The van der Waals surface area contributed by atoms with Crippen LogP contribution in [0.25, 0.3) is 16.7 Å². The van der Waals surface area contributed by atoms with E-state index in [1.54, 1.807) is 19.1 Å². The fourth-order valence-electron chi connectivity index (χ4n) is 5.44. The van der Waals surface area contributed by atoms with E-state index in [4.69, 9.17) is 4.74 Å². The van der Waals surface area contributed by atoms with Gasteiger partial charge in [0.05, 0.1) is 42.6 Å². The molecule has 1 N–H and O–H groups in total. The molecule has 4 amide bonds. The van der Waals surface area contributed by atoms with Gasteiger partial charge >= 0.3 is 18.2 Å². The predicted octanol–water partition coefficient (Wildman–Crippen LogP) is 6.35. The number of morpholine rings is 1. The number of nitriles is 1. The number of rotatable bonds is 7. The minimum Gasteiger partial charge on any atom is -0.379 e. The molecule has 2 heterocycles. The van der Waals surface area contributed by atoms with E-state index in [0.29, 0.717) is 48.6 Å². The first kappa shape index (κ1) is 30.8. The van der Waals surface area contributed by atoms with Crippen LogP contribution in [0.4, 0.5) is 28.4 Å². The monoisotopic (exact) mass is 603 g/mol. The molecule has 1 fully saturated rings. The molecule has 11 heteroatoms. The Hall–Kier alpha value is -4.66. The number of imide groups is 1. The van der Waals surface area contributed by atoms with Crippen LogP contribution in [0.5, 0.6) is 0 Å². The molecule has 5 rings (SSSR count). The summed E-state index contributed by atoms with van der Waals surface area (Å²) in [5, 5.41) is 12.1. The average molecular weight is 604 g/mol. The number of halogens is 3. The van der Waals surface area contributed by atoms with Crippen molar-refractivity contribution < 1.29 is 27.5 Å². The highest BCUT2D eigenvalue weighted by molar-refractivity contribution is 6.09. The number of anilines is 1. The Morgan fingerprint density at radius 3 is 2.39 bits per heavy atom. The van der Waals surface area contributed by atoms with Crippen molar-refractivity contribution in [2.75, 3.05) is 50.8 Å². The summed E-state index contributed by atoms with van der Waals surface area (Å²) < 4.78 is 46.3. The second-order valence-corrected chi connectivity index (χ2v) is 10.6. The maximum absolute atomic E-state index is 13.8. The van der Waals surface area contributed by atoms with Gasteiger partial charge in [-0.25, -0.2) is 14.5 Å². The summed E-state index contributed by atoms with van der Waals surface area (Å²) in [6, 6.07) is 19.7. The number of amides is 4. The molecule has 44 heavy (non-hydrogen) atoms. The van der Waals surface area contributed by atoms with E-state index in [9.17, 15) is 28.0 Å². The Balaban J connectivity index is 1.50. The van der Waals surface area contributed by atoms with Crippen LogP contribution < -0.4 is 10.2 Å². The lowest BCUT2D eigenvalue weighted by Gasteiger charge is -2.37. The zero-order chi connectivity index (χ0) is 31.3. The van der Waals surface area contributed by atoms with E-state index in [1.807, 2.05) is 36.4 Å². The smallest absolute Gasteiger partial charge is 0.379 e. The summed E-state index contributed by atoms with van der Waals surface area (Å²) in [4.78, 5) is 31.8. The first-order valence-electron chi connectivity index (χ1n) is 14.3. The van der Waals surface area contributed by atoms with Gasteiger partial charge in [-0.05, 0) is 72.5 Å². The van der Waals surface area contributed by atoms with Crippen molar-refractivity contribution in [3.8, 4) is 17.2 Å². The van der Waals surface area contributed by atoms with Crippen LogP contribution in [0.3, 0.4) is 0 Å². The van der Waals surface area contributed by atoms with Crippen LogP contribution in [-0.4, -0.2) is 67.8 Å². The molecule has 0 aliphatic carbocycles. The van der Waals surface area contributed by atoms with Gasteiger partial charge in [0.1, 0.15) is 0 Å². The molecule has 2 aliphatic rings. The number of carbonyl (C=O) groups is 2. The molecule has 0 unspecified atom stereocenters. The number of benzene rings is 3. The lowest BCUT2D eigenvalue weighted by Crippen LogP contribution is -2.53. The van der Waals surface area contributed by atoms with Gasteiger partial charge < -0.3 is 10.1 Å². The van der Waals surface area contributed by atoms with Crippen LogP contribution >= 0.6 is 0 Å². The van der Waals surface area contributed by atoms with Crippen molar-refractivity contribution in [3.63, 3.8) is 0 Å². The number of carbonyl (C=O) groups excluding carboxylic acids is 2. The first-order valence-corrected chi connectivity index (χ1v) is 14.3. The zero-order valence-corrected chi connectivity index (χ0v) is 24.2. The lowest BCUT2D eigenvalue weighted by atomic mass is 9.91. The molecule has 8 nitrogen and oxygen atoms in total. The van der Waals surface area contributed by atoms with Crippen LogP contribution in [0.1, 0.15) is 30.0 Å². The summed E-state index contributed by atoms with van der Waals surface area (Å²) in [6.45, 7) is 5.63. The van der Waals surface area contributed by atoms with Crippen LogP contribution in [0.15, 0.2) is 78.5 Å². The molecule has 0 atom stereocenters. The molecule has 228 valence electrons. The summed E-state index contributed by atoms with van der Waals surface area (Å²) >= 11 is 0. The Kier molecular flexibility index (Phi) is 9.32. The van der Waals surface area contributed by atoms with Crippen LogP contribution in [0.2, 0.25) is 0 Å². The number of hydrogen-bond donors (Lipinski definition) is 1. The van der Waals surface area contributed by atoms with Gasteiger partial charge in [0.15, 0.2) is 0 Å². The highest BCUT2D eigenvalue weighted by Crippen LogP contribution is 2.38. The SMILES string of the molecule is CC1=C(c2ccccc2-c2ccc(C#N)cc2)CN(C(=O)NCCCN2CCOCC2)C(=O)N1c1cccc(C(F)(F)F)c1. The largest absolute Gasteiger partial charge is 0.416 e. The van der Waals surface area contributed by atoms with Crippen molar-refractivity contribution in [2.24, 2.45) is 0 Å². The molecule has 0 aromatic heterocycles. The molecular weight excluding hydrogens is 571 g/mol. The summed E-state index contributed by atoms with van der Waals surface area (Å²) in [5.74, 6) is 0. The Labute approximate surface area is 253 Å². The zero-order valence-electron chi connectivity index (χ0n) is 24.2. The van der Waals surface area contributed by atoms with E-state index < -0.39 is 23.8 Å². The van der Waals surface area contributed by atoms with Gasteiger partial charge in [0, 0.05) is 25.3 Å². The fraction of sp³-hybridized carbons (Fsp3) is 0.303. The minimum absolute atomic E-state index is 0.000460. The minimum atomic E-state index is -4.62. The van der Waals surface area contributed by atoms with Gasteiger partial charge in [-0.1, -0.05) is 42.5 Å². The predicted molar refractivity (Wildman–Crippen MR) is 160 cm³/mol. The number of nitrogens with zero attached hydrogens (tertiary/aromatic N) is 4. The standard InChI is InChI=1S/C33H32F3N5O3/c1-23-30(29-9-3-2-8-28(29)25-12-10-24(21-37)11-13-25)22-40(31(42)38-14-5-15-39-16-18-44-19-17-39)32(43)41(23)27-7-4-6-26(20-27)33(34,35)36/h2-4,6-13,20H,5,14-19,22H2,1H3,(H,38,42). The number of nitrogens with one attached hydrogen (secondary N) is 1. The van der Waals surface area contributed by atoms with Crippen molar-refractivity contribution in [1.82, 2.24) is 15.1 Å². The molecule has 0 spiro atoms. The van der Waals surface area contributed by atoms with Crippen molar-refractivity contribution in [3.05, 3.63) is 95.2 Å².